The lowest BCUT2D eigenvalue weighted by Gasteiger charge is -2.34. The van der Waals surface area contributed by atoms with Crippen molar-refractivity contribution in [2.45, 2.75) is 25.3 Å². The van der Waals surface area contributed by atoms with Crippen molar-refractivity contribution in [3.63, 3.8) is 0 Å². The molecule has 0 aliphatic carbocycles. The standard InChI is InChI=1S/C8H15NO3/c1-8(9-6-7(10)11)2-4-12-5-3-8/h9H,2-6H2,1H3,(H,10,11). The highest BCUT2D eigenvalue weighted by Gasteiger charge is 2.26. The fourth-order valence-electron chi connectivity index (χ4n) is 1.29. The summed E-state index contributed by atoms with van der Waals surface area (Å²) >= 11 is 0. The van der Waals surface area contributed by atoms with Crippen LogP contribution in [0.1, 0.15) is 19.8 Å². The summed E-state index contributed by atoms with van der Waals surface area (Å²) in [4.78, 5) is 10.3. The van der Waals surface area contributed by atoms with Crippen molar-refractivity contribution in [3.05, 3.63) is 0 Å². The lowest BCUT2D eigenvalue weighted by molar-refractivity contribution is -0.136. The van der Waals surface area contributed by atoms with E-state index in [2.05, 4.69) is 5.32 Å². The number of carbonyl (C=O) groups is 1. The third-order valence-electron chi connectivity index (χ3n) is 2.26. The Morgan fingerprint density at radius 3 is 2.67 bits per heavy atom. The van der Waals surface area contributed by atoms with Gasteiger partial charge in [-0.1, -0.05) is 0 Å². The molecule has 1 heterocycles. The van der Waals surface area contributed by atoms with Crippen LogP contribution in [0.4, 0.5) is 0 Å². The first kappa shape index (κ1) is 9.48. The second-order valence-electron chi connectivity index (χ2n) is 3.42. The van der Waals surface area contributed by atoms with Gasteiger partial charge in [0.25, 0.3) is 0 Å². The van der Waals surface area contributed by atoms with E-state index in [1.165, 1.54) is 0 Å². The van der Waals surface area contributed by atoms with E-state index < -0.39 is 5.97 Å². The average Bonchev–Trinajstić information content (AvgIpc) is 2.03. The molecule has 0 aromatic carbocycles. The Balaban J connectivity index is 2.31. The summed E-state index contributed by atoms with van der Waals surface area (Å²) in [6.45, 7) is 3.53. The van der Waals surface area contributed by atoms with Crippen molar-refractivity contribution in [2.24, 2.45) is 0 Å². The molecule has 0 spiro atoms. The van der Waals surface area contributed by atoms with Crippen LogP contribution in [-0.2, 0) is 9.53 Å². The summed E-state index contributed by atoms with van der Waals surface area (Å²) < 4.78 is 5.18. The van der Waals surface area contributed by atoms with E-state index in [-0.39, 0.29) is 12.1 Å². The van der Waals surface area contributed by atoms with Crippen LogP contribution in [0.2, 0.25) is 0 Å². The van der Waals surface area contributed by atoms with Crippen molar-refractivity contribution in [1.82, 2.24) is 5.32 Å². The Morgan fingerprint density at radius 2 is 2.17 bits per heavy atom. The summed E-state index contributed by atoms with van der Waals surface area (Å²) in [5.41, 5.74) is -0.0450. The number of rotatable bonds is 3. The number of aliphatic carboxylic acids is 1. The van der Waals surface area contributed by atoms with E-state index in [0.29, 0.717) is 0 Å². The molecule has 0 amide bonds. The minimum atomic E-state index is -0.803. The van der Waals surface area contributed by atoms with Crippen molar-refractivity contribution in [3.8, 4) is 0 Å². The summed E-state index contributed by atoms with van der Waals surface area (Å²) in [5.74, 6) is -0.803. The topological polar surface area (TPSA) is 58.6 Å². The van der Waals surface area contributed by atoms with Gasteiger partial charge in [-0.3, -0.25) is 4.79 Å². The van der Waals surface area contributed by atoms with Gasteiger partial charge < -0.3 is 15.2 Å². The molecule has 1 aliphatic rings. The zero-order valence-corrected chi connectivity index (χ0v) is 7.30. The first-order valence-corrected chi connectivity index (χ1v) is 4.17. The predicted octanol–water partition coefficient (Wildman–Crippen LogP) is 0.230. The highest BCUT2D eigenvalue weighted by Crippen LogP contribution is 2.18. The number of carboxylic acids is 1. The van der Waals surface area contributed by atoms with Gasteiger partial charge in [0.05, 0.1) is 6.54 Å². The lowest BCUT2D eigenvalue weighted by atomic mass is 9.92. The third-order valence-corrected chi connectivity index (χ3v) is 2.26. The van der Waals surface area contributed by atoms with Crippen LogP contribution in [0, 0.1) is 0 Å². The first-order valence-electron chi connectivity index (χ1n) is 4.17. The molecule has 12 heavy (non-hydrogen) atoms. The quantitative estimate of drug-likeness (QED) is 0.641. The van der Waals surface area contributed by atoms with Gasteiger partial charge >= 0.3 is 5.97 Å². The molecule has 1 rings (SSSR count). The Morgan fingerprint density at radius 1 is 1.58 bits per heavy atom. The molecule has 2 N–H and O–H groups in total. The van der Waals surface area contributed by atoms with Crippen LogP contribution in [0.15, 0.2) is 0 Å². The molecule has 1 aliphatic heterocycles. The van der Waals surface area contributed by atoms with E-state index in [1.807, 2.05) is 6.92 Å². The Kier molecular flexibility index (Phi) is 3.05. The Labute approximate surface area is 71.9 Å². The highest BCUT2D eigenvalue weighted by atomic mass is 16.5. The molecular weight excluding hydrogens is 158 g/mol. The summed E-state index contributed by atoms with van der Waals surface area (Å²) in [5, 5.41) is 11.5. The van der Waals surface area contributed by atoms with Gasteiger partial charge in [0.1, 0.15) is 0 Å². The van der Waals surface area contributed by atoms with Gasteiger partial charge in [0, 0.05) is 18.8 Å². The van der Waals surface area contributed by atoms with E-state index in [0.717, 1.165) is 26.1 Å². The van der Waals surface area contributed by atoms with Gasteiger partial charge in [-0.25, -0.2) is 0 Å². The molecule has 1 saturated heterocycles. The molecule has 0 aromatic rings. The number of hydrogen-bond donors (Lipinski definition) is 2. The SMILES string of the molecule is CC1(NCC(=O)O)CCOCC1. The maximum Gasteiger partial charge on any atom is 0.317 e. The summed E-state index contributed by atoms with van der Waals surface area (Å²) in [7, 11) is 0. The molecule has 0 radical (unpaired) electrons. The van der Waals surface area contributed by atoms with Gasteiger partial charge in [0.2, 0.25) is 0 Å². The number of ether oxygens (including phenoxy) is 1. The largest absolute Gasteiger partial charge is 0.480 e. The van der Waals surface area contributed by atoms with Gasteiger partial charge in [-0.2, -0.15) is 0 Å². The highest BCUT2D eigenvalue weighted by molar-refractivity contribution is 5.69. The molecule has 0 atom stereocenters. The number of nitrogens with one attached hydrogen (secondary N) is 1. The second kappa shape index (κ2) is 3.87. The Bertz CT molecular complexity index is 164. The molecule has 4 nitrogen and oxygen atoms in total. The minimum Gasteiger partial charge on any atom is -0.480 e. The van der Waals surface area contributed by atoms with Crippen LogP contribution in [0.5, 0.6) is 0 Å². The van der Waals surface area contributed by atoms with Crippen LogP contribution >= 0.6 is 0 Å². The van der Waals surface area contributed by atoms with Crippen molar-refractivity contribution < 1.29 is 14.6 Å². The van der Waals surface area contributed by atoms with Crippen LogP contribution < -0.4 is 5.32 Å². The first-order chi connectivity index (χ1) is 5.62. The maximum absolute atomic E-state index is 10.3. The minimum absolute atomic E-state index is 0.0382. The van der Waals surface area contributed by atoms with Crippen LogP contribution in [0.25, 0.3) is 0 Å². The molecular formula is C8H15NO3. The average molecular weight is 173 g/mol. The zero-order chi connectivity index (χ0) is 9.03. The van der Waals surface area contributed by atoms with Crippen molar-refractivity contribution >= 4 is 5.97 Å². The van der Waals surface area contributed by atoms with E-state index in [9.17, 15) is 4.79 Å². The predicted molar refractivity (Wildman–Crippen MR) is 44.1 cm³/mol. The zero-order valence-electron chi connectivity index (χ0n) is 7.30. The van der Waals surface area contributed by atoms with Crippen LogP contribution in [0.3, 0.4) is 0 Å². The van der Waals surface area contributed by atoms with Crippen molar-refractivity contribution in [2.75, 3.05) is 19.8 Å². The number of carboxylic acid groups (broad SMARTS) is 1. The third kappa shape index (κ3) is 2.79. The van der Waals surface area contributed by atoms with Crippen LogP contribution in [-0.4, -0.2) is 36.4 Å². The fourth-order valence-corrected chi connectivity index (χ4v) is 1.29. The van der Waals surface area contributed by atoms with E-state index in [4.69, 9.17) is 9.84 Å². The molecule has 0 aromatic heterocycles. The Hall–Kier alpha value is -0.610. The van der Waals surface area contributed by atoms with Crippen molar-refractivity contribution in [1.29, 1.82) is 0 Å². The molecule has 4 heteroatoms. The maximum atomic E-state index is 10.3. The number of hydrogen-bond acceptors (Lipinski definition) is 3. The summed E-state index contributed by atoms with van der Waals surface area (Å²) in [6.07, 6.45) is 1.78. The smallest absolute Gasteiger partial charge is 0.317 e. The normalized spacial score (nSPS) is 22.1. The van der Waals surface area contributed by atoms with Gasteiger partial charge in [-0.15, -0.1) is 0 Å². The van der Waals surface area contributed by atoms with Gasteiger partial charge in [-0.05, 0) is 19.8 Å². The molecule has 0 unspecified atom stereocenters. The molecule has 1 fully saturated rings. The fraction of sp³-hybridized carbons (Fsp3) is 0.875. The lowest BCUT2D eigenvalue weighted by Crippen LogP contribution is -2.48. The van der Waals surface area contributed by atoms with Gasteiger partial charge in [0.15, 0.2) is 0 Å². The van der Waals surface area contributed by atoms with E-state index >= 15 is 0 Å². The second-order valence-corrected chi connectivity index (χ2v) is 3.42. The molecule has 0 saturated carbocycles. The monoisotopic (exact) mass is 173 g/mol. The van der Waals surface area contributed by atoms with E-state index in [1.54, 1.807) is 0 Å². The molecule has 70 valence electrons. The molecule has 0 bridgehead atoms. The summed E-state index contributed by atoms with van der Waals surface area (Å²) in [6, 6.07) is 0.